The molecular weight excluding hydrogens is 315 g/mol. The third kappa shape index (κ3) is 3.44. The molecule has 2 atom stereocenters. The number of hydrogen-bond donors (Lipinski definition) is 1. The Bertz CT molecular complexity index is 587. The summed E-state index contributed by atoms with van der Waals surface area (Å²) in [4.78, 5) is 4.12. The zero-order valence-corrected chi connectivity index (χ0v) is 13.5. The molecular formula is C15H15Cl3N2. The third-order valence-corrected chi connectivity index (χ3v) is 4.52. The molecule has 0 radical (unpaired) electrons. The largest absolute Gasteiger partial charge is 0.304 e. The van der Waals surface area contributed by atoms with E-state index in [1.807, 2.05) is 31.3 Å². The van der Waals surface area contributed by atoms with Crippen molar-refractivity contribution in [2.45, 2.75) is 25.9 Å². The van der Waals surface area contributed by atoms with Gasteiger partial charge in [-0.25, -0.2) is 0 Å². The normalized spacial score (nSPS) is 14.1. The summed E-state index contributed by atoms with van der Waals surface area (Å²) in [5, 5.41) is 4.83. The fourth-order valence-corrected chi connectivity index (χ4v) is 2.77. The highest BCUT2D eigenvalue weighted by molar-refractivity contribution is 6.48. The lowest BCUT2D eigenvalue weighted by atomic mass is 10.1. The molecule has 1 aromatic heterocycles. The van der Waals surface area contributed by atoms with E-state index in [0.717, 1.165) is 11.1 Å². The van der Waals surface area contributed by atoms with Crippen LogP contribution < -0.4 is 5.32 Å². The van der Waals surface area contributed by atoms with Crippen LogP contribution in [0.2, 0.25) is 15.1 Å². The highest BCUT2D eigenvalue weighted by atomic mass is 35.5. The van der Waals surface area contributed by atoms with Crippen LogP contribution in [0.5, 0.6) is 0 Å². The van der Waals surface area contributed by atoms with Gasteiger partial charge in [0, 0.05) is 24.5 Å². The Labute approximate surface area is 134 Å². The molecule has 0 fully saturated rings. The molecule has 2 unspecified atom stereocenters. The Morgan fingerprint density at radius 3 is 2.40 bits per heavy atom. The Kier molecular flexibility index (Phi) is 5.28. The van der Waals surface area contributed by atoms with Crippen molar-refractivity contribution in [3.8, 4) is 0 Å². The van der Waals surface area contributed by atoms with Crippen LogP contribution in [0.4, 0.5) is 0 Å². The number of benzene rings is 1. The molecule has 5 heteroatoms. The van der Waals surface area contributed by atoms with Crippen molar-refractivity contribution < 1.29 is 0 Å². The number of rotatable bonds is 4. The molecule has 0 aliphatic rings. The molecule has 1 aromatic carbocycles. The van der Waals surface area contributed by atoms with Crippen LogP contribution in [0.3, 0.4) is 0 Å². The first kappa shape index (κ1) is 15.6. The van der Waals surface area contributed by atoms with Crippen LogP contribution in [-0.2, 0) is 0 Å². The van der Waals surface area contributed by atoms with Gasteiger partial charge in [-0.1, -0.05) is 46.9 Å². The smallest absolute Gasteiger partial charge is 0.0781 e. The molecule has 0 amide bonds. The maximum absolute atomic E-state index is 6.25. The molecule has 0 saturated carbocycles. The minimum Gasteiger partial charge on any atom is -0.304 e. The summed E-state index contributed by atoms with van der Waals surface area (Å²) in [5.74, 6) is 0. The van der Waals surface area contributed by atoms with Crippen LogP contribution in [0, 0.1) is 0 Å². The second-order valence-corrected chi connectivity index (χ2v) is 5.82. The standard InChI is InChI=1S/C15H15Cl3N2/c1-9(11-4-3-7-19-8-11)20-10(2)12-5-6-13(16)15(18)14(12)17/h3-10,20H,1-2H3. The van der Waals surface area contributed by atoms with Crippen LogP contribution in [0.1, 0.15) is 37.1 Å². The predicted molar refractivity (Wildman–Crippen MR) is 85.7 cm³/mol. The van der Waals surface area contributed by atoms with E-state index in [1.165, 1.54) is 0 Å². The van der Waals surface area contributed by atoms with Crippen LogP contribution in [0.25, 0.3) is 0 Å². The molecule has 0 aliphatic heterocycles. The van der Waals surface area contributed by atoms with E-state index in [4.69, 9.17) is 34.8 Å². The number of halogens is 3. The maximum Gasteiger partial charge on any atom is 0.0781 e. The minimum atomic E-state index is 0.0486. The topological polar surface area (TPSA) is 24.9 Å². The quantitative estimate of drug-likeness (QED) is 0.754. The molecule has 1 N–H and O–H groups in total. The maximum atomic E-state index is 6.25. The van der Waals surface area contributed by atoms with E-state index in [1.54, 1.807) is 12.3 Å². The molecule has 2 nitrogen and oxygen atoms in total. The summed E-state index contributed by atoms with van der Waals surface area (Å²) in [6.07, 6.45) is 3.61. The lowest BCUT2D eigenvalue weighted by Gasteiger charge is -2.22. The van der Waals surface area contributed by atoms with Gasteiger partial charge in [-0.05, 0) is 37.1 Å². The molecule has 1 heterocycles. The van der Waals surface area contributed by atoms with Crippen molar-refractivity contribution in [2.24, 2.45) is 0 Å². The van der Waals surface area contributed by atoms with E-state index in [-0.39, 0.29) is 12.1 Å². The minimum absolute atomic E-state index is 0.0486. The summed E-state index contributed by atoms with van der Waals surface area (Å²) in [5.41, 5.74) is 2.05. The highest BCUT2D eigenvalue weighted by Gasteiger charge is 2.16. The van der Waals surface area contributed by atoms with Crippen molar-refractivity contribution in [2.75, 3.05) is 0 Å². The SMILES string of the molecule is CC(NC(C)c1ccc(Cl)c(Cl)c1Cl)c1cccnc1. The second kappa shape index (κ2) is 6.77. The van der Waals surface area contributed by atoms with Gasteiger partial charge in [0.2, 0.25) is 0 Å². The van der Waals surface area contributed by atoms with E-state index in [9.17, 15) is 0 Å². The Morgan fingerprint density at radius 1 is 1.00 bits per heavy atom. The van der Waals surface area contributed by atoms with Crippen molar-refractivity contribution >= 4 is 34.8 Å². The molecule has 0 aliphatic carbocycles. The molecule has 0 saturated heterocycles. The summed E-state index contributed by atoms with van der Waals surface area (Å²) in [7, 11) is 0. The molecule has 0 bridgehead atoms. The van der Waals surface area contributed by atoms with Crippen molar-refractivity contribution in [3.63, 3.8) is 0 Å². The zero-order chi connectivity index (χ0) is 14.7. The van der Waals surface area contributed by atoms with Gasteiger partial charge in [0.1, 0.15) is 0 Å². The van der Waals surface area contributed by atoms with Gasteiger partial charge in [0.25, 0.3) is 0 Å². The average Bonchev–Trinajstić information content (AvgIpc) is 2.45. The van der Waals surface area contributed by atoms with Crippen LogP contribution >= 0.6 is 34.8 Å². The number of pyridine rings is 1. The van der Waals surface area contributed by atoms with Gasteiger partial charge in [-0.3, -0.25) is 4.98 Å². The van der Waals surface area contributed by atoms with E-state index in [0.29, 0.717) is 15.1 Å². The number of aromatic nitrogens is 1. The first-order valence-corrected chi connectivity index (χ1v) is 7.43. The average molecular weight is 330 g/mol. The van der Waals surface area contributed by atoms with Crippen molar-refractivity contribution in [1.82, 2.24) is 10.3 Å². The summed E-state index contributed by atoms with van der Waals surface area (Å²) < 4.78 is 0. The predicted octanol–water partition coefficient (Wildman–Crippen LogP) is 5.45. The Morgan fingerprint density at radius 2 is 1.75 bits per heavy atom. The third-order valence-electron chi connectivity index (χ3n) is 3.22. The van der Waals surface area contributed by atoms with Crippen molar-refractivity contribution in [3.05, 3.63) is 62.9 Å². The highest BCUT2D eigenvalue weighted by Crippen LogP contribution is 2.35. The lowest BCUT2D eigenvalue weighted by molar-refractivity contribution is 0.494. The van der Waals surface area contributed by atoms with E-state index in [2.05, 4.69) is 17.2 Å². The van der Waals surface area contributed by atoms with E-state index < -0.39 is 0 Å². The molecule has 106 valence electrons. The molecule has 0 spiro atoms. The fraction of sp³-hybridized carbons (Fsp3) is 0.267. The summed E-state index contributed by atoms with van der Waals surface area (Å²) in [6, 6.07) is 7.82. The van der Waals surface area contributed by atoms with Crippen LogP contribution in [-0.4, -0.2) is 4.98 Å². The van der Waals surface area contributed by atoms with Gasteiger partial charge in [-0.15, -0.1) is 0 Å². The van der Waals surface area contributed by atoms with Gasteiger partial charge in [0.05, 0.1) is 15.1 Å². The van der Waals surface area contributed by atoms with Gasteiger partial charge < -0.3 is 5.32 Å². The van der Waals surface area contributed by atoms with Crippen molar-refractivity contribution in [1.29, 1.82) is 0 Å². The van der Waals surface area contributed by atoms with E-state index >= 15 is 0 Å². The molecule has 20 heavy (non-hydrogen) atoms. The molecule has 2 rings (SSSR count). The van der Waals surface area contributed by atoms with Gasteiger partial charge >= 0.3 is 0 Å². The summed E-state index contributed by atoms with van der Waals surface area (Å²) >= 11 is 18.3. The lowest BCUT2D eigenvalue weighted by Crippen LogP contribution is -2.22. The van der Waals surface area contributed by atoms with Gasteiger partial charge in [-0.2, -0.15) is 0 Å². The molecule has 2 aromatic rings. The number of nitrogens with zero attached hydrogens (tertiary/aromatic N) is 1. The fourth-order valence-electron chi connectivity index (χ4n) is 2.07. The first-order valence-electron chi connectivity index (χ1n) is 6.30. The second-order valence-electron chi connectivity index (χ2n) is 4.66. The van der Waals surface area contributed by atoms with Crippen LogP contribution in [0.15, 0.2) is 36.7 Å². The van der Waals surface area contributed by atoms with Gasteiger partial charge in [0.15, 0.2) is 0 Å². The number of hydrogen-bond acceptors (Lipinski definition) is 2. The first-order chi connectivity index (χ1) is 9.50. The monoisotopic (exact) mass is 328 g/mol. The number of nitrogens with one attached hydrogen (secondary N) is 1. The Balaban J connectivity index is 2.17. The zero-order valence-electron chi connectivity index (χ0n) is 11.2. The summed E-state index contributed by atoms with van der Waals surface area (Å²) in [6.45, 7) is 4.12. The Hall–Kier alpha value is -0.800.